The van der Waals surface area contributed by atoms with E-state index in [0.29, 0.717) is 11.4 Å². The average Bonchev–Trinajstić information content (AvgIpc) is 1.98. The summed E-state index contributed by atoms with van der Waals surface area (Å²) in [7, 11) is 0. The van der Waals surface area contributed by atoms with Gasteiger partial charge in [-0.3, -0.25) is 0 Å². The van der Waals surface area contributed by atoms with E-state index >= 15 is 0 Å². The third-order valence-electron chi connectivity index (χ3n) is 1.21. The molecule has 0 saturated heterocycles. The number of phenols is 1. The van der Waals surface area contributed by atoms with Gasteiger partial charge in [0.15, 0.2) is 5.69 Å². The first-order valence-electron chi connectivity index (χ1n) is 2.98. The lowest BCUT2D eigenvalue weighted by Gasteiger charge is -1.96. The predicted molar refractivity (Wildman–Crippen MR) is 44.4 cm³/mol. The van der Waals surface area contributed by atoms with Crippen LogP contribution in [-0.4, -0.2) is 5.11 Å². The molecule has 0 fully saturated rings. The van der Waals surface area contributed by atoms with Gasteiger partial charge in [0, 0.05) is 5.69 Å². The second-order valence-electron chi connectivity index (χ2n) is 2.02. The molecule has 1 rings (SSSR count). The van der Waals surface area contributed by atoms with E-state index in [1.807, 2.05) is 0 Å². The van der Waals surface area contributed by atoms with Gasteiger partial charge in [-0.25, -0.2) is 0 Å². The van der Waals surface area contributed by atoms with Gasteiger partial charge in [-0.2, -0.15) is 0 Å². The van der Waals surface area contributed by atoms with E-state index in [0.717, 1.165) is 0 Å². The van der Waals surface area contributed by atoms with Gasteiger partial charge < -0.3 is 10.8 Å². The number of nitrogens with one attached hydrogen (secondary N) is 1. The van der Waals surface area contributed by atoms with Gasteiger partial charge in [0.05, 0.1) is 4.95 Å². The lowest BCUT2D eigenvalue weighted by molar-refractivity contribution is 0.478. The Kier molecular flexibility index (Phi) is 1.83. The van der Waals surface area contributed by atoms with Gasteiger partial charge in [0.2, 0.25) is 0 Å². The van der Waals surface area contributed by atoms with Crippen LogP contribution in [0.1, 0.15) is 0 Å². The molecule has 0 aliphatic rings. The molecular weight excluding hydrogens is 142 g/mol. The van der Waals surface area contributed by atoms with Crippen molar-refractivity contribution < 1.29 is 5.11 Å². The van der Waals surface area contributed by atoms with Crippen LogP contribution in [-0.2, 0) is 0 Å². The summed E-state index contributed by atoms with van der Waals surface area (Å²) in [6.07, 6.45) is 0. The topological polar surface area (TPSA) is 62.6 Å². The van der Waals surface area contributed by atoms with Crippen molar-refractivity contribution in [3.05, 3.63) is 23.2 Å². The molecule has 0 radical (unpaired) electrons. The lowest BCUT2D eigenvalue weighted by Crippen LogP contribution is -1.88. The third-order valence-corrected chi connectivity index (χ3v) is 1.21. The summed E-state index contributed by atoms with van der Waals surface area (Å²) in [5.41, 5.74) is 8.75. The molecule has 0 saturated carbocycles. The van der Waals surface area contributed by atoms with E-state index in [1.165, 1.54) is 12.1 Å². The summed E-state index contributed by atoms with van der Waals surface area (Å²) < 4.78 is 0. The van der Waals surface area contributed by atoms with Crippen LogP contribution in [0.15, 0.2) is 18.2 Å². The normalized spacial score (nSPS) is 8.64. The molecule has 0 unspecified atom stereocenters. The smallest absolute Gasteiger partial charge is 0.305 e. The standard InChI is InChI=1S/C7H7N3O/c1-9-10-6-4-5(8)2-3-7(6)11/h1-4,10H,8H2/p+1. The van der Waals surface area contributed by atoms with Crippen molar-refractivity contribution in [3.63, 3.8) is 0 Å². The highest BCUT2D eigenvalue weighted by Gasteiger charge is 2.02. The fraction of sp³-hybridized carbons (Fsp3) is 0. The van der Waals surface area contributed by atoms with E-state index in [9.17, 15) is 0 Å². The zero-order valence-electron chi connectivity index (χ0n) is 5.78. The molecule has 0 amide bonds. The van der Waals surface area contributed by atoms with E-state index in [-0.39, 0.29) is 5.75 Å². The fourth-order valence-corrected chi connectivity index (χ4v) is 0.713. The molecule has 1 aromatic carbocycles. The first-order valence-corrected chi connectivity index (χ1v) is 2.98. The number of hydrogen-bond donors (Lipinski definition) is 3. The minimum Gasteiger partial charge on any atom is -0.506 e. The van der Waals surface area contributed by atoms with Crippen molar-refractivity contribution in [2.24, 2.45) is 0 Å². The number of aromatic hydroxyl groups is 1. The maximum absolute atomic E-state index is 9.13. The summed E-state index contributed by atoms with van der Waals surface area (Å²) in [5.74, 6) is 0.0633. The number of benzene rings is 1. The van der Waals surface area contributed by atoms with Crippen LogP contribution in [0.4, 0.5) is 11.4 Å². The molecule has 0 spiro atoms. The van der Waals surface area contributed by atoms with Gasteiger partial charge in [-0.05, 0) is 23.6 Å². The molecule has 4 nitrogen and oxygen atoms in total. The summed E-state index contributed by atoms with van der Waals surface area (Å²) in [6.45, 7) is 4.84. The molecule has 0 aromatic heterocycles. The Morgan fingerprint density at radius 3 is 2.91 bits per heavy atom. The van der Waals surface area contributed by atoms with E-state index < -0.39 is 0 Å². The van der Waals surface area contributed by atoms with Crippen molar-refractivity contribution in [2.45, 2.75) is 0 Å². The van der Waals surface area contributed by atoms with Crippen molar-refractivity contribution in [1.29, 1.82) is 0 Å². The van der Waals surface area contributed by atoms with Gasteiger partial charge >= 0.3 is 6.57 Å². The second-order valence-corrected chi connectivity index (χ2v) is 2.02. The second kappa shape index (κ2) is 2.80. The van der Waals surface area contributed by atoms with Crippen LogP contribution in [0.5, 0.6) is 5.75 Å². The minimum absolute atomic E-state index is 0.0633. The molecule has 4 N–H and O–H groups in total. The van der Waals surface area contributed by atoms with Crippen LogP contribution >= 0.6 is 0 Å². The number of hydrogen-bond acceptors (Lipinski definition) is 3. The van der Waals surface area contributed by atoms with Crippen LogP contribution in [0, 0.1) is 6.57 Å². The van der Waals surface area contributed by atoms with Crippen LogP contribution in [0.3, 0.4) is 0 Å². The molecule has 56 valence electrons. The summed E-state index contributed by atoms with van der Waals surface area (Å²) in [4.78, 5) is 3.14. The Bertz CT molecular complexity index is 303. The molecule has 4 heteroatoms. The van der Waals surface area contributed by atoms with E-state index in [4.69, 9.17) is 17.4 Å². The van der Waals surface area contributed by atoms with E-state index in [2.05, 4.69) is 10.4 Å². The Morgan fingerprint density at radius 2 is 2.27 bits per heavy atom. The summed E-state index contributed by atoms with van der Waals surface area (Å²) in [6, 6.07) is 4.57. The molecule has 0 bridgehead atoms. The number of nitrogens with zero attached hydrogens (tertiary/aromatic N) is 1. The molecule has 0 aliphatic heterocycles. The highest BCUT2D eigenvalue weighted by atomic mass is 16.3. The van der Waals surface area contributed by atoms with Crippen molar-refractivity contribution in [3.8, 4) is 12.3 Å². The van der Waals surface area contributed by atoms with Crippen LogP contribution in [0.25, 0.3) is 4.95 Å². The lowest BCUT2D eigenvalue weighted by atomic mass is 10.2. The van der Waals surface area contributed by atoms with Crippen molar-refractivity contribution in [2.75, 3.05) is 11.2 Å². The van der Waals surface area contributed by atoms with Crippen molar-refractivity contribution in [1.82, 2.24) is 0 Å². The highest BCUT2D eigenvalue weighted by Crippen LogP contribution is 2.24. The monoisotopic (exact) mass is 150 g/mol. The Balaban J connectivity index is 3.05. The average molecular weight is 150 g/mol. The Morgan fingerprint density at radius 1 is 1.55 bits per heavy atom. The number of nitrogen functional groups attached to an aromatic ring is 1. The predicted octanol–water partition coefficient (Wildman–Crippen LogP) is 1.26. The zero-order chi connectivity index (χ0) is 8.27. The SMILES string of the molecule is C#[N+]Nc1cc(N)ccc1O. The first kappa shape index (κ1) is 7.22. The molecule has 0 aliphatic carbocycles. The number of nitrogens with two attached hydrogens (primary N) is 1. The summed E-state index contributed by atoms with van der Waals surface area (Å²) in [5, 5.41) is 9.13. The number of rotatable bonds is 1. The van der Waals surface area contributed by atoms with Crippen LogP contribution in [0.2, 0.25) is 0 Å². The summed E-state index contributed by atoms with van der Waals surface area (Å²) >= 11 is 0. The van der Waals surface area contributed by atoms with E-state index in [1.54, 1.807) is 6.07 Å². The molecule has 0 atom stereocenters. The molecule has 1 aromatic rings. The van der Waals surface area contributed by atoms with Crippen molar-refractivity contribution >= 4 is 11.4 Å². The first-order chi connectivity index (χ1) is 5.24. The maximum atomic E-state index is 9.13. The van der Waals surface area contributed by atoms with Gasteiger partial charge in [-0.15, -0.1) is 0 Å². The third kappa shape index (κ3) is 1.52. The van der Waals surface area contributed by atoms with Gasteiger partial charge in [0.1, 0.15) is 5.75 Å². The molecular formula is C7H8N3O+. The Labute approximate surface area is 64.1 Å². The largest absolute Gasteiger partial charge is 0.506 e. The quantitative estimate of drug-likeness (QED) is 0.244. The molecule has 0 heterocycles. The minimum atomic E-state index is 0.0633. The fourth-order valence-electron chi connectivity index (χ4n) is 0.713. The zero-order valence-corrected chi connectivity index (χ0v) is 5.78. The maximum Gasteiger partial charge on any atom is 0.305 e. The van der Waals surface area contributed by atoms with Gasteiger partial charge in [0.25, 0.3) is 0 Å². The van der Waals surface area contributed by atoms with Gasteiger partial charge in [-0.1, -0.05) is 0 Å². The number of phenolic OH excluding ortho intramolecular Hbond substituents is 1. The Hall–Kier alpha value is -1.89. The number of anilines is 2. The van der Waals surface area contributed by atoms with Crippen LogP contribution < -0.4 is 11.2 Å². The highest BCUT2D eigenvalue weighted by molar-refractivity contribution is 5.63. The molecule has 11 heavy (non-hydrogen) atoms.